The molecule has 9 heteroatoms. The fourth-order valence-electron chi connectivity index (χ4n) is 12.3. The van der Waals surface area contributed by atoms with E-state index in [9.17, 15) is 24.3 Å². The minimum atomic E-state index is -1.77. The smallest absolute Gasteiger partial charge is 0.344 e. The fraction of sp³-hybridized carbons (Fsp3) is 0.721. The molecule has 5 aliphatic rings. The highest BCUT2D eigenvalue weighted by atomic mass is 16.6. The summed E-state index contributed by atoms with van der Waals surface area (Å²) in [5, 5.41) is 18.9. The van der Waals surface area contributed by atoms with Gasteiger partial charge in [0, 0.05) is 5.41 Å². The van der Waals surface area contributed by atoms with Crippen LogP contribution in [0.1, 0.15) is 125 Å². The number of rotatable bonds is 9. The van der Waals surface area contributed by atoms with Gasteiger partial charge in [-0.2, -0.15) is 0 Å². The normalized spacial score (nSPS) is 37.7. The Morgan fingerprint density at radius 3 is 2.21 bits per heavy atom. The van der Waals surface area contributed by atoms with E-state index in [1.807, 2.05) is 30.3 Å². The van der Waals surface area contributed by atoms with Crippen LogP contribution in [-0.2, 0) is 40.0 Å². The third-order valence-corrected chi connectivity index (χ3v) is 15.5. The van der Waals surface area contributed by atoms with Gasteiger partial charge >= 0.3 is 23.9 Å². The van der Waals surface area contributed by atoms with Gasteiger partial charge in [0.05, 0.1) is 11.8 Å². The second-order valence-electron chi connectivity index (χ2n) is 19.0. The molecule has 52 heavy (non-hydrogen) atoms. The van der Waals surface area contributed by atoms with E-state index in [2.05, 4.69) is 54.5 Å². The number of hydrogen-bond acceptors (Lipinski definition) is 8. The Morgan fingerprint density at radius 2 is 1.52 bits per heavy atom. The molecular weight excluding hydrogens is 660 g/mol. The number of carboxylic acid groups (broad SMARTS) is 1. The summed E-state index contributed by atoms with van der Waals surface area (Å²) < 4.78 is 17.2. The highest BCUT2D eigenvalue weighted by Crippen LogP contribution is 2.76. The van der Waals surface area contributed by atoms with E-state index in [-0.39, 0.29) is 58.3 Å². The Balaban J connectivity index is 1.22. The van der Waals surface area contributed by atoms with Crippen LogP contribution in [-0.4, -0.2) is 52.9 Å². The van der Waals surface area contributed by atoms with Gasteiger partial charge in [0.15, 0.2) is 12.7 Å². The van der Waals surface area contributed by atoms with E-state index in [4.69, 9.17) is 19.3 Å². The first kappa shape index (κ1) is 38.5. The molecule has 286 valence electrons. The summed E-state index contributed by atoms with van der Waals surface area (Å²) in [5.41, 5.74) is 1.25. The number of hydrogen-bond donors (Lipinski definition) is 2. The SMILES string of the molecule is CC1(C)CC[C@]2(C(=O)OCC(=O)OCc3ccccc3)CC[C@]3(C)C(=CC[C@@H]4[C@@]5(C)CC[C@H](OC(=O)C[C@H](O)C(=O)O)C(C)(C)[C@@H]5CC[C@]43C)[C@@H]2C1. The summed E-state index contributed by atoms with van der Waals surface area (Å²) in [6, 6.07) is 9.48. The Morgan fingerprint density at radius 1 is 0.827 bits per heavy atom. The first-order valence-corrected chi connectivity index (χ1v) is 19.5. The van der Waals surface area contributed by atoms with Gasteiger partial charge in [-0.05, 0) is 109 Å². The van der Waals surface area contributed by atoms with Gasteiger partial charge in [-0.15, -0.1) is 0 Å². The lowest BCUT2D eigenvalue weighted by Crippen LogP contribution is -2.65. The molecule has 4 fully saturated rings. The van der Waals surface area contributed by atoms with Crippen LogP contribution in [0.2, 0.25) is 0 Å². The van der Waals surface area contributed by atoms with E-state index in [1.54, 1.807) is 0 Å². The van der Waals surface area contributed by atoms with Crippen molar-refractivity contribution in [2.75, 3.05) is 6.61 Å². The minimum absolute atomic E-state index is 0.00752. The van der Waals surface area contributed by atoms with Crippen molar-refractivity contribution in [2.45, 2.75) is 138 Å². The van der Waals surface area contributed by atoms with Crippen molar-refractivity contribution in [1.82, 2.24) is 0 Å². The molecule has 1 aromatic rings. The molecule has 4 saturated carbocycles. The quantitative estimate of drug-likeness (QED) is 0.149. The highest BCUT2D eigenvalue weighted by molar-refractivity contribution is 5.82. The zero-order valence-corrected chi connectivity index (χ0v) is 32.3. The Kier molecular flexibility index (Phi) is 10.1. The van der Waals surface area contributed by atoms with Crippen LogP contribution in [0.3, 0.4) is 0 Å². The average Bonchev–Trinajstić information content (AvgIpc) is 3.08. The maximum Gasteiger partial charge on any atom is 0.344 e. The number of benzene rings is 1. The summed E-state index contributed by atoms with van der Waals surface area (Å²) in [6.07, 6.45) is 8.52. The standard InChI is InChI=1S/C43H60O9/c1-38(2)19-21-43(37(49)51-26-35(46)50-25-27-11-9-8-10-12-27)22-20-41(6)28(29(43)24-38)13-14-32-40(5)17-16-33(52-34(45)23-30(44)36(47)48)39(3,4)31(40)15-18-42(32,41)7/h8-13,29-33,44H,14-26H2,1-7H3,(H,47,48)/t29-,30-,31-,32+,33-,40-,41+,42+,43-/m0/s1. The van der Waals surface area contributed by atoms with E-state index in [0.29, 0.717) is 18.3 Å². The van der Waals surface area contributed by atoms with Gasteiger partial charge in [0.25, 0.3) is 0 Å². The van der Waals surface area contributed by atoms with E-state index < -0.39 is 35.8 Å². The van der Waals surface area contributed by atoms with Crippen LogP contribution >= 0.6 is 0 Å². The van der Waals surface area contributed by atoms with Gasteiger partial charge in [-0.25, -0.2) is 9.59 Å². The summed E-state index contributed by atoms with van der Waals surface area (Å²) in [6.45, 7) is 16.2. The second kappa shape index (κ2) is 13.6. The van der Waals surface area contributed by atoms with E-state index in [0.717, 1.165) is 63.4 Å². The maximum absolute atomic E-state index is 14.3. The maximum atomic E-state index is 14.3. The topological polar surface area (TPSA) is 136 Å². The zero-order chi connectivity index (χ0) is 37.9. The van der Waals surface area contributed by atoms with Crippen molar-refractivity contribution >= 4 is 23.9 Å². The number of aliphatic hydroxyl groups excluding tert-OH is 1. The number of carboxylic acids is 1. The minimum Gasteiger partial charge on any atom is -0.479 e. The van der Waals surface area contributed by atoms with E-state index >= 15 is 0 Å². The number of fused-ring (bicyclic) bond motifs is 7. The number of carbonyl (C=O) groups is 4. The fourth-order valence-corrected chi connectivity index (χ4v) is 12.3. The largest absolute Gasteiger partial charge is 0.479 e. The van der Waals surface area contributed by atoms with Crippen LogP contribution in [0, 0.1) is 50.2 Å². The number of allylic oxidation sites excluding steroid dienone is 2. The van der Waals surface area contributed by atoms with Crippen LogP contribution in [0.25, 0.3) is 0 Å². The van der Waals surface area contributed by atoms with E-state index in [1.165, 1.54) is 5.57 Å². The van der Waals surface area contributed by atoms with Crippen molar-refractivity contribution < 1.29 is 43.6 Å². The van der Waals surface area contributed by atoms with Gasteiger partial charge < -0.3 is 24.4 Å². The number of aliphatic hydroxyl groups is 1. The first-order chi connectivity index (χ1) is 24.3. The summed E-state index contributed by atoms with van der Waals surface area (Å²) in [7, 11) is 0. The lowest BCUT2D eigenvalue weighted by molar-refractivity contribution is -0.215. The lowest BCUT2D eigenvalue weighted by atomic mass is 9.33. The first-order valence-electron chi connectivity index (χ1n) is 19.5. The lowest BCUT2D eigenvalue weighted by Gasteiger charge is -2.71. The predicted octanol–water partition coefficient (Wildman–Crippen LogP) is 7.82. The predicted molar refractivity (Wildman–Crippen MR) is 194 cm³/mol. The van der Waals surface area contributed by atoms with Crippen molar-refractivity contribution in [3.05, 3.63) is 47.5 Å². The van der Waals surface area contributed by atoms with Crippen LogP contribution in [0.15, 0.2) is 42.0 Å². The number of carbonyl (C=O) groups excluding carboxylic acids is 3. The number of ether oxygens (including phenoxy) is 3. The molecule has 6 rings (SSSR count). The van der Waals surface area contributed by atoms with Crippen molar-refractivity contribution in [2.24, 2.45) is 50.2 Å². The van der Waals surface area contributed by atoms with Crippen LogP contribution in [0.5, 0.6) is 0 Å². The van der Waals surface area contributed by atoms with Gasteiger partial charge in [0.1, 0.15) is 12.7 Å². The van der Waals surface area contributed by atoms with Gasteiger partial charge in [-0.3, -0.25) is 9.59 Å². The molecule has 9 nitrogen and oxygen atoms in total. The molecule has 0 radical (unpaired) electrons. The summed E-state index contributed by atoms with van der Waals surface area (Å²) in [4.78, 5) is 50.8. The number of aliphatic carboxylic acids is 1. The molecule has 0 spiro atoms. The molecule has 0 aromatic heterocycles. The Hall–Kier alpha value is -3.20. The van der Waals surface area contributed by atoms with Crippen molar-refractivity contribution in [3.8, 4) is 0 Å². The zero-order valence-electron chi connectivity index (χ0n) is 32.3. The van der Waals surface area contributed by atoms with Crippen molar-refractivity contribution in [1.29, 1.82) is 0 Å². The number of esters is 3. The molecule has 0 bridgehead atoms. The molecule has 9 atom stereocenters. The van der Waals surface area contributed by atoms with Crippen LogP contribution < -0.4 is 0 Å². The summed E-state index contributed by atoms with van der Waals surface area (Å²) in [5.74, 6) is -2.17. The second-order valence-corrected chi connectivity index (χ2v) is 19.0. The Bertz CT molecular complexity index is 1600. The summed E-state index contributed by atoms with van der Waals surface area (Å²) >= 11 is 0. The average molecular weight is 721 g/mol. The van der Waals surface area contributed by atoms with Crippen molar-refractivity contribution in [3.63, 3.8) is 0 Å². The molecule has 0 aliphatic heterocycles. The van der Waals surface area contributed by atoms with Gasteiger partial charge in [0.2, 0.25) is 0 Å². The van der Waals surface area contributed by atoms with Crippen LogP contribution in [0.4, 0.5) is 0 Å². The molecule has 1 aromatic carbocycles. The van der Waals surface area contributed by atoms with Gasteiger partial charge in [-0.1, -0.05) is 90.4 Å². The Labute approximate surface area is 309 Å². The molecule has 0 saturated heterocycles. The molecule has 0 amide bonds. The third-order valence-electron chi connectivity index (χ3n) is 15.5. The molecule has 2 N–H and O–H groups in total. The molecular formula is C43H60O9. The highest BCUT2D eigenvalue weighted by Gasteiger charge is 2.69. The molecule has 5 aliphatic carbocycles. The molecule has 0 heterocycles. The third kappa shape index (κ3) is 6.41. The molecule has 0 unspecified atom stereocenters. The monoisotopic (exact) mass is 720 g/mol.